The van der Waals surface area contributed by atoms with E-state index in [9.17, 15) is 8.42 Å². The molecule has 1 aliphatic rings. The summed E-state index contributed by atoms with van der Waals surface area (Å²) < 4.78 is 23.5. The Labute approximate surface area is 96.9 Å². The Morgan fingerprint density at radius 1 is 1.12 bits per heavy atom. The highest BCUT2D eigenvalue weighted by Crippen LogP contribution is 2.35. The van der Waals surface area contributed by atoms with Crippen molar-refractivity contribution in [2.45, 2.75) is 38.0 Å². The van der Waals surface area contributed by atoms with Gasteiger partial charge >= 0.3 is 0 Å². The molecule has 86 valence electrons. The highest BCUT2D eigenvalue weighted by molar-refractivity contribution is 7.95. The third-order valence-corrected chi connectivity index (χ3v) is 4.54. The van der Waals surface area contributed by atoms with Crippen molar-refractivity contribution in [3.8, 4) is 0 Å². The van der Waals surface area contributed by atoms with Crippen LogP contribution < -0.4 is 0 Å². The zero-order chi connectivity index (χ0) is 12.1. The van der Waals surface area contributed by atoms with Crippen LogP contribution in [0.25, 0.3) is 5.57 Å². The lowest BCUT2D eigenvalue weighted by atomic mass is 9.85. The Kier molecular flexibility index (Phi) is 2.28. The summed E-state index contributed by atoms with van der Waals surface area (Å²) in [6, 6.07) is 5.62. The van der Waals surface area contributed by atoms with Crippen molar-refractivity contribution in [1.29, 1.82) is 0 Å². The summed E-state index contributed by atoms with van der Waals surface area (Å²) in [6.45, 7) is 8.21. The maximum Gasteiger partial charge on any atom is 0.200 e. The molecule has 0 spiro atoms. The number of benzene rings is 1. The lowest BCUT2D eigenvalue weighted by Gasteiger charge is -2.20. The van der Waals surface area contributed by atoms with Crippen LogP contribution >= 0.6 is 0 Å². The second kappa shape index (κ2) is 3.20. The SMILES string of the molecule is CC1=CS(=O)(=O)c2ccc(C(C)(C)C)cc21. The lowest BCUT2D eigenvalue weighted by Crippen LogP contribution is -2.11. The molecule has 0 N–H and O–H groups in total. The molecule has 1 aromatic carbocycles. The maximum absolute atomic E-state index is 11.7. The van der Waals surface area contributed by atoms with Crippen LogP contribution in [0.4, 0.5) is 0 Å². The Balaban J connectivity index is 2.68. The van der Waals surface area contributed by atoms with E-state index in [0.717, 1.165) is 16.7 Å². The minimum absolute atomic E-state index is 0.0433. The smallest absolute Gasteiger partial charge is 0.200 e. The van der Waals surface area contributed by atoms with E-state index in [4.69, 9.17) is 0 Å². The van der Waals surface area contributed by atoms with Crippen LogP contribution in [0, 0.1) is 0 Å². The van der Waals surface area contributed by atoms with Crippen molar-refractivity contribution >= 4 is 15.4 Å². The van der Waals surface area contributed by atoms with E-state index in [0.29, 0.717) is 4.90 Å². The van der Waals surface area contributed by atoms with Gasteiger partial charge in [-0.3, -0.25) is 0 Å². The van der Waals surface area contributed by atoms with E-state index in [1.165, 1.54) is 5.41 Å². The summed E-state index contributed by atoms with van der Waals surface area (Å²) in [7, 11) is -3.18. The molecule has 0 saturated heterocycles. The lowest BCUT2D eigenvalue weighted by molar-refractivity contribution is 0.588. The summed E-state index contributed by atoms with van der Waals surface area (Å²) in [5, 5.41) is 1.35. The Bertz CT molecular complexity index is 572. The number of hydrogen-bond donors (Lipinski definition) is 0. The molecule has 0 saturated carbocycles. The first kappa shape index (κ1) is 11.4. The van der Waals surface area contributed by atoms with Gasteiger partial charge in [0.25, 0.3) is 0 Å². The third-order valence-electron chi connectivity index (χ3n) is 2.91. The van der Waals surface area contributed by atoms with Gasteiger partial charge in [-0.25, -0.2) is 8.42 Å². The van der Waals surface area contributed by atoms with Gasteiger partial charge < -0.3 is 0 Å². The predicted molar refractivity (Wildman–Crippen MR) is 66.0 cm³/mol. The highest BCUT2D eigenvalue weighted by Gasteiger charge is 2.26. The molecule has 16 heavy (non-hydrogen) atoms. The molecule has 0 aromatic heterocycles. The van der Waals surface area contributed by atoms with E-state index < -0.39 is 9.84 Å². The van der Waals surface area contributed by atoms with Crippen molar-refractivity contribution in [2.75, 3.05) is 0 Å². The fourth-order valence-electron chi connectivity index (χ4n) is 1.91. The molecule has 0 amide bonds. The van der Waals surface area contributed by atoms with Crippen LogP contribution in [0.15, 0.2) is 28.5 Å². The molecule has 0 atom stereocenters. The van der Waals surface area contributed by atoms with Gasteiger partial charge in [0.2, 0.25) is 9.84 Å². The fraction of sp³-hybridized carbons (Fsp3) is 0.385. The van der Waals surface area contributed by atoms with Crippen LogP contribution in [0.5, 0.6) is 0 Å². The van der Waals surface area contributed by atoms with Gasteiger partial charge in [0, 0.05) is 5.41 Å². The average molecular weight is 236 g/mol. The van der Waals surface area contributed by atoms with Gasteiger partial charge in [-0.1, -0.05) is 26.8 Å². The monoisotopic (exact) mass is 236 g/mol. The van der Waals surface area contributed by atoms with Crippen molar-refractivity contribution < 1.29 is 8.42 Å². The normalized spacial score (nSPS) is 18.1. The molecule has 1 heterocycles. The fourth-order valence-corrected chi connectivity index (χ4v) is 3.42. The number of sulfone groups is 1. The summed E-state index contributed by atoms with van der Waals surface area (Å²) in [5.74, 6) is 0. The van der Waals surface area contributed by atoms with E-state index in [1.54, 1.807) is 6.07 Å². The van der Waals surface area contributed by atoms with E-state index >= 15 is 0 Å². The molecule has 1 aromatic rings. The predicted octanol–water partition coefficient (Wildman–Crippen LogP) is 3.13. The molecule has 3 heteroatoms. The summed E-state index contributed by atoms with van der Waals surface area (Å²) in [6.07, 6.45) is 0. The first-order valence-corrected chi connectivity index (χ1v) is 6.85. The molecular weight excluding hydrogens is 220 g/mol. The average Bonchev–Trinajstić information content (AvgIpc) is 2.36. The largest absolute Gasteiger partial charge is 0.219 e. The van der Waals surface area contributed by atoms with E-state index in [2.05, 4.69) is 20.8 Å². The Morgan fingerprint density at radius 3 is 2.31 bits per heavy atom. The van der Waals surface area contributed by atoms with Crippen molar-refractivity contribution in [3.05, 3.63) is 34.7 Å². The molecule has 2 rings (SSSR count). The molecule has 0 bridgehead atoms. The topological polar surface area (TPSA) is 34.1 Å². The second-order valence-electron chi connectivity index (χ2n) is 5.31. The van der Waals surface area contributed by atoms with Crippen molar-refractivity contribution in [1.82, 2.24) is 0 Å². The minimum Gasteiger partial charge on any atom is -0.219 e. The summed E-state index contributed by atoms with van der Waals surface area (Å²) >= 11 is 0. The van der Waals surface area contributed by atoms with Crippen molar-refractivity contribution in [2.24, 2.45) is 0 Å². The van der Waals surface area contributed by atoms with Crippen LogP contribution in [0.3, 0.4) is 0 Å². The zero-order valence-corrected chi connectivity index (χ0v) is 10.9. The quantitative estimate of drug-likeness (QED) is 0.693. The first-order chi connectivity index (χ1) is 7.22. The molecule has 0 radical (unpaired) electrons. The molecule has 1 aliphatic heterocycles. The first-order valence-electron chi connectivity index (χ1n) is 5.30. The van der Waals surface area contributed by atoms with Gasteiger partial charge in [0.15, 0.2) is 0 Å². The Morgan fingerprint density at radius 2 is 1.75 bits per heavy atom. The number of rotatable bonds is 0. The number of fused-ring (bicyclic) bond motifs is 1. The van der Waals surface area contributed by atoms with Gasteiger partial charge in [-0.05, 0) is 41.2 Å². The van der Waals surface area contributed by atoms with Gasteiger partial charge in [-0.2, -0.15) is 0 Å². The number of hydrogen-bond acceptors (Lipinski definition) is 2. The van der Waals surface area contributed by atoms with Gasteiger partial charge in [-0.15, -0.1) is 0 Å². The number of allylic oxidation sites excluding steroid dienone is 1. The summed E-state index contributed by atoms with van der Waals surface area (Å²) in [4.78, 5) is 0.443. The molecule has 0 unspecified atom stereocenters. The molecular formula is C13H16O2S. The standard InChI is InChI=1S/C13H16O2S/c1-9-8-16(14,15)12-6-5-10(7-11(9)12)13(2,3)4/h5-8H,1-4H3. The van der Waals surface area contributed by atoms with Crippen LogP contribution in [-0.4, -0.2) is 8.42 Å². The van der Waals surface area contributed by atoms with E-state index in [1.807, 2.05) is 19.1 Å². The maximum atomic E-state index is 11.7. The van der Waals surface area contributed by atoms with Crippen LogP contribution in [0.2, 0.25) is 0 Å². The summed E-state index contributed by atoms with van der Waals surface area (Å²) in [5.41, 5.74) is 2.89. The van der Waals surface area contributed by atoms with Gasteiger partial charge in [0.1, 0.15) is 0 Å². The Hall–Kier alpha value is -1.09. The van der Waals surface area contributed by atoms with Crippen molar-refractivity contribution in [3.63, 3.8) is 0 Å². The highest BCUT2D eigenvalue weighted by atomic mass is 32.2. The minimum atomic E-state index is -3.18. The molecule has 0 aliphatic carbocycles. The van der Waals surface area contributed by atoms with Gasteiger partial charge in [0.05, 0.1) is 4.90 Å². The molecule has 0 fully saturated rings. The van der Waals surface area contributed by atoms with Crippen LogP contribution in [-0.2, 0) is 15.3 Å². The second-order valence-corrected chi connectivity index (χ2v) is 7.07. The van der Waals surface area contributed by atoms with Crippen LogP contribution in [0.1, 0.15) is 38.8 Å². The molecule has 2 nitrogen and oxygen atoms in total. The third kappa shape index (κ3) is 1.69. The van der Waals surface area contributed by atoms with E-state index in [-0.39, 0.29) is 5.41 Å². The zero-order valence-electron chi connectivity index (χ0n) is 10.0.